The molecule has 1 atom stereocenters. The van der Waals surface area contributed by atoms with E-state index in [0.29, 0.717) is 0 Å². The Morgan fingerprint density at radius 3 is 2.61 bits per heavy atom. The van der Waals surface area contributed by atoms with Crippen molar-refractivity contribution in [3.8, 4) is 5.75 Å². The Hall–Kier alpha value is -1.03. The largest absolute Gasteiger partial charge is 0.480 e. The highest BCUT2D eigenvalue weighted by molar-refractivity contribution is 9.10. The molecule has 3 nitrogen and oxygen atoms in total. The molecule has 0 unspecified atom stereocenters. The first kappa shape index (κ1) is 13.4. The van der Waals surface area contributed by atoms with Gasteiger partial charge in [0.2, 0.25) is 0 Å². The normalized spacial score (nSPS) is 17.3. The van der Waals surface area contributed by atoms with Gasteiger partial charge in [0.25, 0.3) is 5.91 Å². The molecule has 0 aromatic heterocycles. The van der Waals surface area contributed by atoms with E-state index in [1.165, 1.54) is 6.42 Å². The monoisotopic (exact) mass is 311 g/mol. The molecular weight excluding hydrogens is 294 g/mol. The molecule has 1 aliphatic heterocycles. The van der Waals surface area contributed by atoms with Crippen molar-refractivity contribution >= 4 is 21.8 Å². The van der Waals surface area contributed by atoms with Gasteiger partial charge in [-0.1, -0.05) is 12.1 Å². The maximum absolute atomic E-state index is 12.2. The van der Waals surface area contributed by atoms with Crippen molar-refractivity contribution in [3.63, 3.8) is 0 Å². The van der Waals surface area contributed by atoms with Gasteiger partial charge in [0.05, 0.1) is 4.47 Å². The fraction of sp³-hybridized carbons (Fsp3) is 0.500. The van der Waals surface area contributed by atoms with Crippen molar-refractivity contribution in [1.82, 2.24) is 4.90 Å². The first-order valence-electron chi connectivity index (χ1n) is 6.38. The van der Waals surface area contributed by atoms with Crippen LogP contribution < -0.4 is 4.74 Å². The predicted octanol–water partition coefficient (Wildman–Crippen LogP) is 3.23. The lowest BCUT2D eigenvalue weighted by Crippen LogP contribution is -2.43. The molecule has 98 valence electrons. The Balaban J connectivity index is 1.96. The molecule has 18 heavy (non-hydrogen) atoms. The topological polar surface area (TPSA) is 29.5 Å². The van der Waals surface area contributed by atoms with E-state index in [1.807, 2.05) is 36.1 Å². The van der Waals surface area contributed by atoms with E-state index >= 15 is 0 Å². The van der Waals surface area contributed by atoms with Crippen LogP contribution >= 0.6 is 15.9 Å². The van der Waals surface area contributed by atoms with Gasteiger partial charge in [-0.3, -0.25) is 4.79 Å². The standard InChI is InChI=1S/C14H18BrNO2/c1-11(14(17)16-9-5-2-6-10-16)18-13-8-4-3-7-12(13)15/h3-4,7-8,11H,2,5-6,9-10H2,1H3/t11-/m0/s1. The summed E-state index contributed by atoms with van der Waals surface area (Å²) in [6, 6.07) is 7.60. The summed E-state index contributed by atoms with van der Waals surface area (Å²) in [6.45, 7) is 3.54. The molecule has 0 saturated carbocycles. The molecule has 0 spiro atoms. The van der Waals surface area contributed by atoms with Crippen LogP contribution in [0.25, 0.3) is 0 Å². The van der Waals surface area contributed by atoms with Crippen LogP contribution in [0.3, 0.4) is 0 Å². The van der Waals surface area contributed by atoms with Gasteiger partial charge >= 0.3 is 0 Å². The molecule has 1 aromatic rings. The average Bonchev–Trinajstić information content (AvgIpc) is 2.41. The Morgan fingerprint density at radius 1 is 1.28 bits per heavy atom. The Morgan fingerprint density at radius 2 is 1.94 bits per heavy atom. The number of piperidine rings is 1. The predicted molar refractivity (Wildman–Crippen MR) is 74.7 cm³/mol. The quantitative estimate of drug-likeness (QED) is 0.857. The first-order valence-corrected chi connectivity index (χ1v) is 7.18. The molecule has 1 aliphatic rings. The van der Waals surface area contributed by atoms with Crippen LogP contribution in [-0.4, -0.2) is 30.0 Å². The van der Waals surface area contributed by atoms with Gasteiger partial charge < -0.3 is 9.64 Å². The Kier molecular flexibility index (Phi) is 4.64. The molecule has 0 bridgehead atoms. The third-order valence-corrected chi connectivity index (χ3v) is 3.81. The molecule has 0 radical (unpaired) electrons. The number of carbonyl (C=O) groups is 1. The summed E-state index contributed by atoms with van der Waals surface area (Å²) in [7, 11) is 0. The SMILES string of the molecule is C[C@H](Oc1ccccc1Br)C(=O)N1CCCCC1. The van der Waals surface area contributed by atoms with Crippen molar-refractivity contribution in [2.75, 3.05) is 13.1 Å². The molecule has 4 heteroatoms. The zero-order chi connectivity index (χ0) is 13.0. The summed E-state index contributed by atoms with van der Waals surface area (Å²) < 4.78 is 6.60. The molecule has 1 amide bonds. The second kappa shape index (κ2) is 6.23. The van der Waals surface area contributed by atoms with E-state index in [2.05, 4.69) is 15.9 Å². The zero-order valence-electron chi connectivity index (χ0n) is 10.6. The number of halogens is 1. The third kappa shape index (κ3) is 3.25. The number of likely N-dealkylation sites (tertiary alicyclic amines) is 1. The van der Waals surface area contributed by atoms with Crippen LogP contribution in [0.1, 0.15) is 26.2 Å². The van der Waals surface area contributed by atoms with Gasteiger partial charge in [0, 0.05) is 13.1 Å². The fourth-order valence-electron chi connectivity index (χ4n) is 2.15. The van der Waals surface area contributed by atoms with Crippen LogP contribution in [-0.2, 0) is 4.79 Å². The Labute approximate surface area is 116 Å². The van der Waals surface area contributed by atoms with E-state index in [-0.39, 0.29) is 5.91 Å². The highest BCUT2D eigenvalue weighted by Gasteiger charge is 2.23. The highest BCUT2D eigenvalue weighted by atomic mass is 79.9. The van der Waals surface area contributed by atoms with Crippen molar-refractivity contribution < 1.29 is 9.53 Å². The zero-order valence-corrected chi connectivity index (χ0v) is 12.1. The minimum absolute atomic E-state index is 0.0884. The van der Waals surface area contributed by atoms with Crippen molar-refractivity contribution in [1.29, 1.82) is 0 Å². The number of para-hydroxylation sites is 1. The molecular formula is C14H18BrNO2. The minimum Gasteiger partial charge on any atom is -0.480 e. The fourth-order valence-corrected chi connectivity index (χ4v) is 2.53. The molecule has 0 aliphatic carbocycles. The van der Waals surface area contributed by atoms with E-state index in [9.17, 15) is 4.79 Å². The maximum atomic E-state index is 12.2. The lowest BCUT2D eigenvalue weighted by atomic mass is 10.1. The molecule has 1 heterocycles. The van der Waals surface area contributed by atoms with E-state index in [4.69, 9.17) is 4.74 Å². The van der Waals surface area contributed by atoms with E-state index in [1.54, 1.807) is 0 Å². The highest BCUT2D eigenvalue weighted by Crippen LogP contribution is 2.25. The second-order valence-corrected chi connectivity index (χ2v) is 5.43. The van der Waals surface area contributed by atoms with Gasteiger partial charge in [-0.2, -0.15) is 0 Å². The van der Waals surface area contributed by atoms with Crippen LogP contribution in [0.4, 0.5) is 0 Å². The second-order valence-electron chi connectivity index (χ2n) is 4.58. The summed E-state index contributed by atoms with van der Waals surface area (Å²) in [4.78, 5) is 14.1. The number of rotatable bonds is 3. The Bertz CT molecular complexity index is 416. The number of nitrogens with zero attached hydrogens (tertiary/aromatic N) is 1. The average molecular weight is 312 g/mol. The van der Waals surface area contributed by atoms with Gasteiger partial charge in [-0.15, -0.1) is 0 Å². The van der Waals surface area contributed by atoms with E-state index in [0.717, 1.165) is 36.2 Å². The number of benzene rings is 1. The van der Waals surface area contributed by atoms with Crippen molar-refractivity contribution in [3.05, 3.63) is 28.7 Å². The molecule has 1 saturated heterocycles. The minimum atomic E-state index is -0.429. The van der Waals surface area contributed by atoms with Gasteiger partial charge in [-0.05, 0) is 54.2 Å². The summed E-state index contributed by atoms with van der Waals surface area (Å²) in [5.41, 5.74) is 0. The lowest BCUT2D eigenvalue weighted by molar-refractivity contribution is -0.138. The first-order chi connectivity index (χ1) is 8.68. The molecule has 2 rings (SSSR count). The summed E-state index contributed by atoms with van der Waals surface area (Å²) in [5.74, 6) is 0.806. The third-order valence-electron chi connectivity index (χ3n) is 3.16. The van der Waals surface area contributed by atoms with Gasteiger partial charge in [0.1, 0.15) is 5.75 Å². The summed E-state index contributed by atoms with van der Waals surface area (Å²) in [5, 5.41) is 0. The van der Waals surface area contributed by atoms with Crippen LogP contribution in [0.15, 0.2) is 28.7 Å². The number of hydrogen-bond donors (Lipinski definition) is 0. The maximum Gasteiger partial charge on any atom is 0.263 e. The van der Waals surface area contributed by atoms with Crippen LogP contribution in [0.5, 0.6) is 5.75 Å². The van der Waals surface area contributed by atoms with Crippen LogP contribution in [0.2, 0.25) is 0 Å². The van der Waals surface area contributed by atoms with E-state index < -0.39 is 6.10 Å². The lowest BCUT2D eigenvalue weighted by Gasteiger charge is -2.29. The molecule has 1 aromatic carbocycles. The summed E-state index contributed by atoms with van der Waals surface area (Å²) in [6.07, 6.45) is 3.01. The number of ether oxygens (including phenoxy) is 1. The van der Waals surface area contributed by atoms with Gasteiger partial charge in [-0.25, -0.2) is 0 Å². The van der Waals surface area contributed by atoms with Crippen molar-refractivity contribution in [2.24, 2.45) is 0 Å². The smallest absolute Gasteiger partial charge is 0.263 e. The number of hydrogen-bond acceptors (Lipinski definition) is 2. The number of amides is 1. The molecule has 1 fully saturated rings. The van der Waals surface area contributed by atoms with Crippen LogP contribution in [0, 0.1) is 0 Å². The molecule has 0 N–H and O–H groups in total. The van der Waals surface area contributed by atoms with Crippen molar-refractivity contribution in [2.45, 2.75) is 32.3 Å². The number of carbonyl (C=O) groups excluding carboxylic acids is 1. The van der Waals surface area contributed by atoms with Gasteiger partial charge in [0.15, 0.2) is 6.10 Å². The summed E-state index contributed by atoms with van der Waals surface area (Å²) >= 11 is 3.42.